The van der Waals surface area contributed by atoms with Crippen LogP contribution in [-0.2, 0) is 6.42 Å². The second kappa shape index (κ2) is 5.45. The molecule has 2 aromatic rings. The van der Waals surface area contributed by atoms with Crippen molar-refractivity contribution in [2.24, 2.45) is 5.73 Å². The third-order valence-electron chi connectivity index (χ3n) is 3.11. The lowest BCUT2D eigenvalue weighted by molar-refractivity contribution is 0.553. The van der Waals surface area contributed by atoms with Crippen LogP contribution in [-0.4, -0.2) is 0 Å². The Bertz CT molecular complexity index is 596. The maximum Gasteiger partial charge on any atom is 0.130 e. The molecule has 0 aromatic heterocycles. The molecule has 1 nitrogen and oxygen atoms in total. The van der Waals surface area contributed by atoms with E-state index in [2.05, 4.69) is 0 Å². The summed E-state index contributed by atoms with van der Waals surface area (Å²) in [6.45, 7) is 1.77. The van der Waals surface area contributed by atoms with Crippen molar-refractivity contribution in [1.82, 2.24) is 0 Å². The summed E-state index contributed by atoms with van der Waals surface area (Å²) in [5, 5.41) is 0. The number of aryl methyl sites for hydroxylation is 1. The van der Waals surface area contributed by atoms with Crippen molar-refractivity contribution in [2.45, 2.75) is 19.4 Å². The number of rotatable bonds is 3. The molecule has 2 rings (SSSR count). The van der Waals surface area contributed by atoms with Gasteiger partial charge in [-0.15, -0.1) is 0 Å². The van der Waals surface area contributed by atoms with Crippen molar-refractivity contribution in [3.05, 3.63) is 70.5 Å². The molecule has 1 atom stereocenters. The molecule has 0 spiro atoms. The Labute approximate surface area is 109 Å². The molecule has 0 bridgehead atoms. The van der Waals surface area contributed by atoms with Gasteiger partial charge >= 0.3 is 0 Å². The number of benzene rings is 2. The molecule has 0 saturated heterocycles. The van der Waals surface area contributed by atoms with Crippen LogP contribution < -0.4 is 5.73 Å². The van der Waals surface area contributed by atoms with E-state index in [1.54, 1.807) is 13.0 Å². The average Bonchev–Trinajstić information content (AvgIpc) is 2.32. The van der Waals surface area contributed by atoms with Gasteiger partial charge in [-0.25, -0.2) is 13.2 Å². The Morgan fingerprint density at radius 3 is 2.26 bits per heavy atom. The van der Waals surface area contributed by atoms with Gasteiger partial charge in [-0.05, 0) is 42.7 Å². The van der Waals surface area contributed by atoms with Gasteiger partial charge in [-0.2, -0.15) is 0 Å². The van der Waals surface area contributed by atoms with Gasteiger partial charge in [0.25, 0.3) is 0 Å². The number of nitrogens with two attached hydrogens (primary N) is 1. The molecule has 0 fully saturated rings. The van der Waals surface area contributed by atoms with E-state index in [4.69, 9.17) is 5.73 Å². The van der Waals surface area contributed by atoms with Crippen LogP contribution in [0.4, 0.5) is 13.2 Å². The van der Waals surface area contributed by atoms with Crippen LogP contribution in [0.25, 0.3) is 0 Å². The van der Waals surface area contributed by atoms with Crippen LogP contribution in [0.5, 0.6) is 0 Å². The smallest absolute Gasteiger partial charge is 0.130 e. The molecule has 1 unspecified atom stereocenters. The second-order valence-electron chi connectivity index (χ2n) is 4.55. The standard InChI is InChI=1S/C15H14F3N/c1-9-6-11(16)3-2-10(9)7-15(19)13-5-4-12(17)8-14(13)18/h2-6,8,15H,7,19H2,1H3. The minimum absolute atomic E-state index is 0.255. The SMILES string of the molecule is Cc1cc(F)ccc1CC(N)c1ccc(F)cc1F. The minimum atomic E-state index is -0.660. The number of hydrogen-bond acceptors (Lipinski definition) is 1. The van der Waals surface area contributed by atoms with Gasteiger partial charge in [0.1, 0.15) is 17.5 Å². The van der Waals surface area contributed by atoms with E-state index >= 15 is 0 Å². The normalized spacial score (nSPS) is 12.5. The fourth-order valence-corrected chi connectivity index (χ4v) is 2.04. The Kier molecular flexibility index (Phi) is 3.90. The maximum absolute atomic E-state index is 13.6. The Morgan fingerprint density at radius 2 is 1.63 bits per heavy atom. The zero-order valence-electron chi connectivity index (χ0n) is 10.5. The first kappa shape index (κ1) is 13.6. The van der Waals surface area contributed by atoms with E-state index in [0.717, 1.165) is 17.2 Å². The molecule has 19 heavy (non-hydrogen) atoms. The van der Waals surface area contributed by atoms with E-state index in [1.165, 1.54) is 24.3 Å². The molecule has 0 aliphatic carbocycles. The fraction of sp³-hybridized carbons (Fsp3) is 0.200. The van der Waals surface area contributed by atoms with Crippen molar-refractivity contribution < 1.29 is 13.2 Å². The summed E-state index contributed by atoms with van der Waals surface area (Å²) in [4.78, 5) is 0. The zero-order valence-corrected chi connectivity index (χ0v) is 10.5. The van der Waals surface area contributed by atoms with Crippen molar-refractivity contribution in [3.8, 4) is 0 Å². The Hall–Kier alpha value is -1.81. The zero-order chi connectivity index (χ0) is 14.0. The summed E-state index contributed by atoms with van der Waals surface area (Å²) in [6, 6.07) is 7.12. The highest BCUT2D eigenvalue weighted by atomic mass is 19.1. The molecule has 2 N–H and O–H groups in total. The highest BCUT2D eigenvalue weighted by molar-refractivity contribution is 5.30. The topological polar surface area (TPSA) is 26.0 Å². The van der Waals surface area contributed by atoms with Gasteiger partial charge in [0.15, 0.2) is 0 Å². The van der Waals surface area contributed by atoms with Gasteiger partial charge in [-0.1, -0.05) is 12.1 Å². The third kappa shape index (κ3) is 3.15. The first-order valence-electron chi connectivity index (χ1n) is 5.93. The van der Waals surface area contributed by atoms with E-state index in [1.807, 2.05) is 0 Å². The Balaban J connectivity index is 2.23. The average molecular weight is 265 g/mol. The van der Waals surface area contributed by atoms with E-state index in [9.17, 15) is 13.2 Å². The first-order valence-corrected chi connectivity index (χ1v) is 5.93. The maximum atomic E-state index is 13.6. The quantitative estimate of drug-likeness (QED) is 0.900. The molecule has 0 saturated carbocycles. The number of hydrogen-bond donors (Lipinski definition) is 1. The van der Waals surface area contributed by atoms with E-state index < -0.39 is 17.7 Å². The molecule has 100 valence electrons. The highest BCUT2D eigenvalue weighted by Gasteiger charge is 2.14. The van der Waals surface area contributed by atoms with Gasteiger partial charge in [-0.3, -0.25) is 0 Å². The third-order valence-corrected chi connectivity index (χ3v) is 3.11. The largest absolute Gasteiger partial charge is 0.324 e. The predicted octanol–water partition coefficient (Wildman–Crippen LogP) is 3.65. The van der Waals surface area contributed by atoms with Gasteiger partial charge in [0.05, 0.1) is 0 Å². The summed E-state index contributed by atoms with van der Waals surface area (Å²) >= 11 is 0. The van der Waals surface area contributed by atoms with Crippen molar-refractivity contribution in [1.29, 1.82) is 0 Å². The molecule has 0 heterocycles. The van der Waals surface area contributed by atoms with Crippen molar-refractivity contribution in [2.75, 3.05) is 0 Å². The van der Waals surface area contributed by atoms with E-state index in [0.29, 0.717) is 6.42 Å². The fourth-order valence-electron chi connectivity index (χ4n) is 2.04. The molecular formula is C15H14F3N. The molecule has 0 aliphatic rings. The van der Waals surface area contributed by atoms with Crippen LogP contribution in [0, 0.1) is 24.4 Å². The van der Waals surface area contributed by atoms with Crippen molar-refractivity contribution in [3.63, 3.8) is 0 Å². The van der Waals surface area contributed by atoms with Gasteiger partial charge in [0, 0.05) is 17.7 Å². The van der Waals surface area contributed by atoms with Crippen LogP contribution in [0.3, 0.4) is 0 Å². The van der Waals surface area contributed by atoms with Crippen LogP contribution in [0.2, 0.25) is 0 Å². The molecule has 0 radical (unpaired) electrons. The predicted molar refractivity (Wildman–Crippen MR) is 68.1 cm³/mol. The van der Waals surface area contributed by atoms with Crippen LogP contribution in [0.1, 0.15) is 22.7 Å². The van der Waals surface area contributed by atoms with Crippen LogP contribution in [0.15, 0.2) is 36.4 Å². The summed E-state index contributed by atoms with van der Waals surface area (Å²) in [7, 11) is 0. The lowest BCUT2D eigenvalue weighted by Gasteiger charge is -2.14. The lowest BCUT2D eigenvalue weighted by atomic mass is 9.96. The molecule has 0 aliphatic heterocycles. The minimum Gasteiger partial charge on any atom is -0.324 e. The molecular weight excluding hydrogens is 251 g/mol. The van der Waals surface area contributed by atoms with Gasteiger partial charge < -0.3 is 5.73 Å². The summed E-state index contributed by atoms with van der Waals surface area (Å²) in [5.41, 5.74) is 7.79. The van der Waals surface area contributed by atoms with E-state index in [-0.39, 0.29) is 11.4 Å². The molecule has 2 aromatic carbocycles. The molecule has 4 heteroatoms. The first-order chi connectivity index (χ1) is 8.97. The summed E-state index contributed by atoms with van der Waals surface area (Å²) < 4.78 is 39.4. The van der Waals surface area contributed by atoms with Crippen LogP contribution >= 0.6 is 0 Å². The Morgan fingerprint density at radius 1 is 1.00 bits per heavy atom. The monoisotopic (exact) mass is 265 g/mol. The molecule has 0 amide bonds. The number of halogens is 3. The van der Waals surface area contributed by atoms with Crippen molar-refractivity contribution >= 4 is 0 Å². The summed E-state index contributed by atoms with van der Waals surface area (Å²) in [5.74, 6) is -1.61. The second-order valence-corrected chi connectivity index (χ2v) is 4.55. The van der Waals surface area contributed by atoms with Gasteiger partial charge in [0.2, 0.25) is 0 Å². The highest BCUT2D eigenvalue weighted by Crippen LogP contribution is 2.22. The lowest BCUT2D eigenvalue weighted by Crippen LogP contribution is -2.15. The summed E-state index contributed by atoms with van der Waals surface area (Å²) in [6.07, 6.45) is 0.370.